The third kappa shape index (κ3) is 1.96. The first-order chi connectivity index (χ1) is 5.41. The van der Waals surface area contributed by atoms with Crippen LogP contribution in [0.2, 0.25) is 0 Å². The molecule has 12 heavy (non-hydrogen) atoms. The summed E-state index contributed by atoms with van der Waals surface area (Å²) in [6, 6.07) is 0. The largest absolute Gasteiger partial charge is 0.455 e. The molecule has 0 aliphatic heterocycles. The molecule has 0 aliphatic carbocycles. The lowest BCUT2D eigenvalue weighted by molar-refractivity contribution is -0.146. The number of nitrogens with zero attached hydrogens (tertiary/aromatic N) is 2. The van der Waals surface area contributed by atoms with Crippen molar-refractivity contribution in [2.24, 2.45) is 0 Å². The Hall–Kier alpha value is -0.590. The first-order valence-corrected chi connectivity index (χ1v) is 3.87. The standard InChI is InChI=1S/C5H4BrF3N2O/c1-2(6)3-10-4(11-12-3)5(7,8)9/h2H,1H3. The normalized spacial score (nSPS) is 14.8. The summed E-state index contributed by atoms with van der Waals surface area (Å²) in [7, 11) is 0. The summed E-state index contributed by atoms with van der Waals surface area (Å²) in [5.74, 6) is -1.33. The summed E-state index contributed by atoms with van der Waals surface area (Å²) in [5, 5.41) is 2.77. The fraction of sp³-hybridized carbons (Fsp3) is 0.600. The van der Waals surface area contributed by atoms with Crippen molar-refractivity contribution in [2.45, 2.75) is 17.9 Å². The number of aromatic nitrogens is 2. The van der Waals surface area contributed by atoms with E-state index in [1.54, 1.807) is 6.92 Å². The van der Waals surface area contributed by atoms with Crippen LogP contribution >= 0.6 is 15.9 Å². The first-order valence-electron chi connectivity index (χ1n) is 2.96. The number of halogens is 4. The molecular formula is C5H4BrF3N2O. The zero-order valence-electron chi connectivity index (χ0n) is 5.89. The monoisotopic (exact) mass is 244 g/mol. The highest BCUT2D eigenvalue weighted by Crippen LogP contribution is 2.28. The van der Waals surface area contributed by atoms with Crippen molar-refractivity contribution in [1.29, 1.82) is 0 Å². The fourth-order valence-electron chi connectivity index (χ4n) is 0.512. The molecule has 0 saturated carbocycles. The maximum atomic E-state index is 11.9. The summed E-state index contributed by atoms with van der Waals surface area (Å²) in [6.07, 6.45) is -4.54. The number of rotatable bonds is 1. The molecule has 0 spiro atoms. The molecular weight excluding hydrogens is 241 g/mol. The summed E-state index contributed by atoms with van der Waals surface area (Å²) >= 11 is 3.00. The third-order valence-corrected chi connectivity index (χ3v) is 1.43. The van der Waals surface area contributed by atoms with Gasteiger partial charge in [0.05, 0.1) is 4.83 Å². The van der Waals surface area contributed by atoms with E-state index < -0.39 is 12.0 Å². The van der Waals surface area contributed by atoms with Crippen LogP contribution in [0.4, 0.5) is 13.2 Å². The first kappa shape index (κ1) is 9.50. The Morgan fingerprint density at radius 2 is 2.08 bits per heavy atom. The van der Waals surface area contributed by atoms with Crippen LogP contribution < -0.4 is 0 Å². The van der Waals surface area contributed by atoms with Gasteiger partial charge in [0.1, 0.15) is 0 Å². The van der Waals surface area contributed by atoms with Crippen LogP contribution in [0.3, 0.4) is 0 Å². The Labute approximate surface area is 74.1 Å². The molecule has 0 N–H and O–H groups in total. The highest BCUT2D eigenvalue weighted by molar-refractivity contribution is 9.09. The van der Waals surface area contributed by atoms with E-state index in [0.29, 0.717) is 0 Å². The molecule has 1 atom stereocenters. The highest BCUT2D eigenvalue weighted by Gasteiger charge is 2.37. The van der Waals surface area contributed by atoms with Crippen molar-refractivity contribution < 1.29 is 17.7 Å². The van der Waals surface area contributed by atoms with E-state index >= 15 is 0 Å². The number of alkyl halides is 4. The Kier molecular flexibility index (Phi) is 2.41. The Morgan fingerprint density at radius 3 is 2.33 bits per heavy atom. The molecule has 1 unspecified atom stereocenters. The van der Waals surface area contributed by atoms with E-state index in [-0.39, 0.29) is 10.7 Å². The van der Waals surface area contributed by atoms with E-state index in [2.05, 4.69) is 30.6 Å². The molecule has 1 aromatic rings. The van der Waals surface area contributed by atoms with Gasteiger partial charge in [-0.25, -0.2) is 0 Å². The lowest BCUT2D eigenvalue weighted by Crippen LogP contribution is -2.07. The summed E-state index contributed by atoms with van der Waals surface area (Å²) < 4.78 is 39.9. The third-order valence-electron chi connectivity index (χ3n) is 1.04. The maximum absolute atomic E-state index is 11.9. The fourth-order valence-corrected chi connectivity index (χ4v) is 0.698. The molecule has 1 rings (SSSR count). The Balaban J connectivity index is 2.92. The highest BCUT2D eigenvalue weighted by atomic mass is 79.9. The summed E-state index contributed by atoms with van der Waals surface area (Å²) in [5.41, 5.74) is 0. The van der Waals surface area contributed by atoms with Crippen LogP contribution in [0.25, 0.3) is 0 Å². The zero-order valence-corrected chi connectivity index (χ0v) is 7.48. The second-order valence-corrected chi connectivity index (χ2v) is 3.44. The maximum Gasteiger partial charge on any atom is 0.455 e. The second-order valence-electron chi connectivity index (χ2n) is 2.07. The molecule has 1 aromatic heterocycles. The van der Waals surface area contributed by atoms with Crippen LogP contribution in [0.5, 0.6) is 0 Å². The van der Waals surface area contributed by atoms with Crippen LogP contribution in [-0.2, 0) is 6.18 Å². The summed E-state index contributed by atoms with van der Waals surface area (Å²) in [4.78, 5) is 2.76. The van der Waals surface area contributed by atoms with Crippen LogP contribution in [0.1, 0.15) is 23.5 Å². The van der Waals surface area contributed by atoms with E-state index in [1.165, 1.54) is 0 Å². The van der Waals surface area contributed by atoms with E-state index in [4.69, 9.17) is 0 Å². The number of hydrogen-bond acceptors (Lipinski definition) is 3. The lowest BCUT2D eigenvalue weighted by Gasteiger charge is -1.96. The average Bonchev–Trinajstić information content (AvgIpc) is 2.30. The summed E-state index contributed by atoms with van der Waals surface area (Å²) in [6.45, 7) is 1.59. The van der Waals surface area contributed by atoms with Crippen LogP contribution in [0.15, 0.2) is 4.52 Å². The molecule has 0 aliphatic rings. The SMILES string of the molecule is CC(Br)c1nc(C(F)(F)F)no1. The number of hydrogen-bond donors (Lipinski definition) is 0. The molecule has 7 heteroatoms. The lowest BCUT2D eigenvalue weighted by atomic mass is 10.5. The van der Waals surface area contributed by atoms with Gasteiger partial charge < -0.3 is 4.52 Å². The predicted octanol–water partition coefficient (Wildman–Crippen LogP) is 2.54. The molecule has 0 aromatic carbocycles. The average molecular weight is 245 g/mol. The molecule has 3 nitrogen and oxygen atoms in total. The molecule has 68 valence electrons. The smallest absolute Gasteiger partial charge is 0.338 e. The molecule has 1 heterocycles. The van der Waals surface area contributed by atoms with Crippen molar-refractivity contribution in [3.05, 3.63) is 11.7 Å². The van der Waals surface area contributed by atoms with Gasteiger partial charge in [0.25, 0.3) is 5.82 Å². The Bertz CT molecular complexity index is 270. The van der Waals surface area contributed by atoms with E-state index in [1.807, 2.05) is 0 Å². The van der Waals surface area contributed by atoms with Crippen molar-refractivity contribution in [2.75, 3.05) is 0 Å². The molecule has 0 bridgehead atoms. The topological polar surface area (TPSA) is 38.9 Å². The van der Waals surface area contributed by atoms with E-state index in [9.17, 15) is 13.2 Å². The van der Waals surface area contributed by atoms with Gasteiger partial charge in [-0.05, 0) is 6.92 Å². The van der Waals surface area contributed by atoms with Gasteiger partial charge in [0.2, 0.25) is 5.89 Å². The predicted molar refractivity (Wildman–Crippen MR) is 36.6 cm³/mol. The van der Waals surface area contributed by atoms with Gasteiger partial charge in [-0.2, -0.15) is 18.2 Å². The van der Waals surface area contributed by atoms with Crippen molar-refractivity contribution in [3.63, 3.8) is 0 Å². The minimum atomic E-state index is -4.54. The van der Waals surface area contributed by atoms with Crippen molar-refractivity contribution in [1.82, 2.24) is 10.1 Å². The van der Waals surface area contributed by atoms with Gasteiger partial charge in [0, 0.05) is 0 Å². The molecule has 0 fully saturated rings. The van der Waals surface area contributed by atoms with Gasteiger partial charge in [-0.1, -0.05) is 21.1 Å². The minimum absolute atomic E-state index is 0.0812. The molecule has 0 amide bonds. The quantitative estimate of drug-likeness (QED) is 0.713. The van der Waals surface area contributed by atoms with E-state index in [0.717, 1.165) is 0 Å². The van der Waals surface area contributed by atoms with Gasteiger partial charge in [-0.3, -0.25) is 0 Å². The second kappa shape index (κ2) is 3.04. The van der Waals surface area contributed by atoms with Crippen LogP contribution in [-0.4, -0.2) is 10.1 Å². The molecule has 0 radical (unpaired) electrons. The van der Waals surface area contributed by atoms with Gasteiger partial charge in [0.15, 0.2) is 0 Å². The van der Waals surface area contributed by atoms with Crippen molar-refractivity contribution in [3.8, 4) is 0 Å². The van der Waals surface area contributed by atoms with Crippen LogP contribution in [0, 0.1) is 0 Å². The minimum Gasteiger partial charge on any atom is -0.338 e. The Morgan fingerprint density at radius 1 is 1.50 bits per heavy atom. The van der Waals surface area contributed by atoms with Gasteiger partial charge >= 0.3 is 6.18 Å². The van der Waals surface area contributed by atoms with Crippen molar-refractivity contribution >= 4 is 15.9 Å². The molecule has 0 saturated heterocycles. The zero-order chi connectivity index (χ0) is 9.35. The van der Waals surface area contributed by atoms with Gasteiger partial charge in [-0.15, -0.1) is 0 Å².